The van der Waals surface area contributed by atoms with Crippen LogP contribution in [0.25, 0.3) is 16.6 Å². The van der Waals surface area contributed by atoms with Gasteiger partial charge in [-0.3, -0.25) is 9.10 Å². The Labute approximate surface area is 160 Å². The Kier molecular flexibility index (Phi) is 4.13. The van der Waals surface area contributed by atoms with E-state index in [1.165, 1.54) is 19.2 Å². The minimum absolute atomic E-state index is 0.0357. The van der Waals surface area contributed by atoms with E-state index in [9.17, 15) is 13.2 Å². The first kappa shape index (κ1) is 17.5. The van der Waals surface area contributed by atoms with Crippen molar-refractivity contribution in [2.75, 3.05) is 11.4 Å². The van der Waals surface area contributed by atoms with Crippen LogP contribution >= 0.6 is 11.6 Å². The molecule has 8 heteroatoms. The number of para-hydroxylation sites is 1. The zero-order chi connectivity index (χ0) is 19.2. The lowest BCUT2D eigenvalue weighted by atomic mass is 10.2. The number of aromatic nitrogens is 2. The third kappa shape index (κ3) is 2.85. The van der Waals surface area contributed by atoms with E-state index in [0.29, 0.717) is 16.9 Å². The molecule has 2 heterocycles. The Morgan fingerprint density at radius 3 is 2.48 bits per heavy atom. The first-order valence-corrected chi connectivity index (χ1v) is 9.86. The largest absolute Gasteiger partial charge is 0.301 e. The summed E-state index contributed by atoms with van der Waals surface area (Å²) in [6, 6.07) is 16.7. The van der Waals surface area contributed by atoms with Crippen molar-refractivity contribution < 1.29 is 8.42 Å². The highest BCUT2D eigenvalue weighted by Gasteiger charge is 2.25. The first-order valence-electron chi connectivity index (χ1n) is 8.04. The Morgan fingerprint density at radius 2 is 1.74 bits per heavy atom. The van der Waals surface area contributed by atoms with Gasteiger partial charge in [0.15, 0.2) is 0 Å². The number of halogens is 1. The van der Waals surface area contributed by atoms with Gasteiger partial charge in [-0.1, -0.05) is 35.9 Å². The van der Waals surface area contributed by atoms with Crippen molar-refractivity contribution in [2.45, 2.75) is 4.90 Å². The normalized spacial score (nSPS) is 11.8. The zero-order valence-corrected chi connectivity index (χ0v) is 15.8. The van der Waals surface area contributed by atoms with Gasteiger partial charge in [0.2, 0.25) is 0 Å². The SMILES string of the molecule is CN(c1ccccc1)S(=O)(=O)c1cc2c(=O)nc3ccccn3c2cc1Cl. The average molecular weight is 400 g/mol. The van der Waals surface area contributed by atoms with E-state index in [-0.39, 0.29) is 15.3 Å². The molecule has 2 aromatic heterocycles. The molecular formula is C19H14ClN3O3S. The summed E-state index contributed by atoms with van der Waals surface area (Å²) in [4.78, 5) is 16.3. The minimum Gasteiger partial charge on any atom is -0.301 e. The van der Waals surface area contributed by atoms with Crippen LogP contribution in [0.2, 0.25) is 5.02 Å². The summed E-state index contributed by atoms with van der Waals surface area (Å²) in [6.45, 7) is 0. The highest BCUT2D eigenvalue weighted by atomic mass is 35.5. The van der Waals surface area contributed by atoms with Crippen LogP contribution in [0.4, 0.5) is 5.69 Å². The molecule has 0 aliphatic rings. The number of fused-ring (bicyclic) bond motifs is 3. The fraction of sp³-hybridized carbons (Fsp3) is 0.0526. The van der Waals surface area contributed by atoms with Gasteiger partial charge in [-0.15, -0.1) is 0 Å². The maximum absolute atomic E-state index is 13.1. The molecule has 6 nitrogen and oxygen atoms in total. The quantitative estimate of drug-likeness (QED) is 0.495. The van der Waals surface area contributed by atoms with E-state index in [4.69, 9.17) is 11.6 Å². The van der Waals surface area contributed by atoms with Crippen LogP contribution in [0, 0.1) is 0 Å². The zero-order valence-electron chi connectivity index (χ0n) is 14.2. The van der Waals surface area contributed by atoms with Gasteiger partial charge < -0.3 is 4.40 Å². The first-order chi connectivity index (χ1) is 12.9. The van der Waals surface area contributed by atoms with Gasteiger partial charge in [0, 0.05) is 13.2 Å². The van der Waals surface area contributed by atoms with Crippen LogP contribution in [0.1, 0.15) is 0 Å². The van der Waals surface area contributed by atoms with E-state index in [1.807, 2.05) is 0 Å². The van der Waals surface area contributed by atoms with E-state index in [1.54, 1.807) is 59.1 Å². The van der Waals surface area contributed by atoms with Crippen LogP contribution in [-0.4, -0.2) is 24.9 Å². The van der Waals surface area contributed by atoms with Crippen molar-refractivity contribution in [1.29, 1.82) is 0 Å². The Morgan fingerprint density at radius 1 is 1.04 bits per heavy atom. The molecule has 4 rings (SSSR count). The van der Waals surface area contributed by atoms with Crippen molar-refractivity contribution in [3.63, 3.8) is 0 Å². The number of hydrogen-bond acceptors (Lipinski definition) is 4. The molecule has 0 aliphatic carbocycles. The van der Waals surface area contributed by atoms with Crippen molar-refractivity contribution in [3.05, 3.63) is 82.2 Å². The molecule has 27 heavy (non-hydrogen) atoms. The maximum atomic E-state index is 13.1. The molecule has 0 unspecified atom stereocenters. The maximum Gasteiger partial charge on any atom is 0.281 e. The molecule has 0 bridgehead atoms. The van der Waals surface area contributed by atoms with E-state index >= 15 is 0 Å². The summed E-state index contributed by atoms with van der Waals surface area (Å²) in [7, 11) is -2.52. The summed E-state index contributed by atoms with van der Waals surface area (Å²) in [5, 5.41) is 0.219. The fourth-order valence-electron chi connectivity index (χ4n) is 2.93. The molecule has 0 saturated carbocycles. The third-order valence-electron chi connectivity index (χ3n) is 4.35. The molecule has 0 radical (unpaired) electrons. The number of pyridine rings is 1. The molecule has 4 aromatic rings. The number of hydrogen-bond donors (Lipinski definition) is 0. The van der Waals surface area contributed by atoms with Crippen LogP contribution in [-0.2, 0) is 10.0 Å². The predicted octanol–water partition coefficient (Wildman–Crippen LogP) is 3.33. The molecule has 0 fully saturated rings. The predicted molar refractivity (Wildman–Crippen MR) is 106 cm³/mol. The lowest BCUT2D eigenvalue weighted by molar-refractivity contribution is 0.594. The van der Waals surface area contributed by atoms with Crippen molar-refractivity contribution >= 4 is 43.9 Å². The summed E-state index contributed by atoms with van der Waals surface area (Å²) < 4.78 is 29.0. The lowest BCUT2D eigenvalue weighted by Gasteiger charge is -2.20. The summed E-state index contributed by atoms with van der Waals surface area (Å²) >= 11 is 6.33. The number of anilines is 1. The van der Waals surface area contributed by atoms with Crippen molar-refractivity contribution in [1.82, 2.24) is 9.38 Å². The topological polar surface area (TPSA) is 71.8 Å². The third-order valence-corrected chi connectivity index (χ3v) is 6.60. The Balaban J connectivity index is 1.98. The van der Waals surface area contributed by atoms with E-state index in [2.05, 4.69) is 4.98 Å². The number of benzene rings is 2. The molecule has 0 spiro atoms. The van der Waals surface area contributed by atoms with Gasteiger partial charge >= 0.3 is 0 Å². The Hall–Kier alpha value is -2.90. The molecular weight excluding hydrogens is 386 g/mol. The van der Waals surface area contributed by atoms with Crippen LogP contribution in [0.5, 0.6) is 0 Å². The number of sulfonamides is 1. The summed E-state index contributed by atoms with van der Waals surface area (Å²) in [5.74, 6) is 0. The highest BCUT2D eigenvalue weighted by Crippen LogP contribution is 2.30. The fourth-order valence-corrected chi connectivity index (χ4v) is 4.65. The highest BCUT2D eigenvalue weighted by molar-refractivity contribution is 7.93. The Bertz CT molecular complexity index is 1340. The van der Waals surface area contributed by atoms with Crippen LogP contribution in [0.15, 0.2) is 76.6 Å². The standard InChI is InChI=1S/C19H14ClN3O3S/c1-22(13-7-3-2-4-8-13)27(25,26)17-11-14-16(12-15(17)20)23-10-6-5-9-18(23)21-19(14)24/h2-12H,1H3. The van der Waals surface area contributed by atoms with Crippen molar-refractivity contribution in [3.8, 4) is 0 Å². The molecule has 0 atom stereocenters. The molecule has 136 valence electrons. The molecule has 2 aromatic carbocycles. The smallest absolute Gasteiger partial charge is 0.281 e. The van der Waals surface area contributed by atoms with Gasteiger partial charge in [-0.25, -0.2) is 8.42 Å². The van der Waals surface area contributed by atoms with Crippen molar-refractivity contribution in [2.24, 2.45) is 0 Å². The number of nitrogens with zero attached hydrogens (tertiary/aromatic N) is 3. The van der Waals surface area contributed by atoms with Gasteiger partial charge in [0.25, 0.3) is 15.6 Å². The number of rotatable bonds is 3. The molecule has 0 amide bonds. The van der Waals surface area contributed by atoms with Gasteiger partial charge in [-0.05, 0) is 36.4 Å². The summed E-state index contributed by atoms with van der Waals surface area (Å²) in [5.41, 5.74) is 0.939. The van der Waals surface area contributed by atoms with Crippen LogP contribution < -0.4 is 9.86 Å². The summed E-state index contributed by atoms with van der Waals surface area (Å²) in [6.07, 6.45) is 1.74. The molecule has 0 N–H and O–H groups in total. The van der Waals surface area contributed by atoms with Gasteiger partial charge in [0.05, 0.1) is 21.6 Å². The van der Waals surface area contributed by atoms with E-state index in [0.717, 1.165) is 4.31 Å². The second-order valence-electron chi connectivity index (χ2n) is 5.95. The monoisotopic (exact) mass is 399 g/mol. The average Bonchev–Trinajstić information content (AvgIpc) is 2.67. The lowest BCUT2D eigenvalue weighted by Crippen LogP contribution is -2.27. The van der Waals surface area contributed by atoms with E-state index < -0.39 is 15.6 Å². The minimum atomic E-state index is -3.96. The van der Waals surface area contributed by atoms with Crippen LogP contribution in [0.3, 0.4) is 0 Å². The molecule has 0 saturated heterocycles. The molecule has 0 aliphatic heterocycles. The van der Waals surface area contributed by atoms with Gasteiger partial charge in [-0.2, -0.15) is 4.98 Å². The second kappa shape index (κ2) is 6.37. The van der Waals surface area contributed by atoms with Gasteiger partial charge in [0.1, 0.15) is 10.5 Å². The second-order valence-corrected chi connectivity index (χ2v) is 8.30.